The summed E-state index contributed by atoms with van der Waals surface area (Å²) in [6.45, 7) is 13.2. The molecule has 0 amide bonds. The zero-order valence-corrected chi connectivity index (χ0v) is 17.2. The number of guanidine groups is 1. The van der Waals surface area contributed by atoms with Crippen LogP contribution in [0.3, 0.4) is 0 Å². The number of ether oxygens (including phenoxy) is 1. The van der Waals surface area contributed by atoms with Crippen molar-refractivity contribution >= 4 is 29.9 Å². The van der Waals surface area contributed by atoms with E-state index in [1.54, 1.807) is 0 Å². The van der Waals surface area contributed by atoms with E-state index in [4.69, 9.17) is 4.74 Å². The second-order valence-electron chi connectivity index (χ2n) is 5.24. The number of nitrogens with zero attached hydrogens (tertiary/aromatic N) is 3. The lowest BCUT2D eigenvalue weighted by molar-refractivity contribution is 0.145. The van der Waals surface area contributed by atoms with Crippen molar-refractivity contribution in [1.82, 2.24) is 20.4 Å². The lowest BCUT2D eigenvalue weighted by Gasteiger charge is -2.11. The van der Waals surface area contributed by atoms with Crippen LogP contribution >= 0.6 is 24.0 Å². The number of rotatable bonds is 10. The molecule has 1 heterocycles. The number of aryl methyl sites for hydroxylation is 3. The van der Waals surface area contributed by atoms with Gasteiger partial charge in [0.05, 0.1) is 5.69 Å². The largest absolute Gasteiger partial charge is 0.382 e. The topological polar surface area (TPSA) is 63.5 Å². The van der Waals surface area contributed by atoms with Crippen LogP contribution in [-0.2, 0) is 11.3 Å². The molecule has 0 aliphatic heterocycles. The minimum absolute atomic E-state index is 0. The van der Waals surface area contributed by atoms with E-state index in [1.807, 2.05) is 18.5 Å². The van der Waals surface area contributed by atoms with Gasteiger partial charge in [-0.1, -0.05) is 0 Å². The Hall–Kier alpha value is -0.830. The number of hydrogen-bond donors (Lipinski definition) is 2. The Bertz CT molecular complexity index is 448. The average Bonchev–Trinajstić information content (AvgIpc) is 2.81. The zero-order chi connectivity index (χ0) is 16.2. The van der Waals surface area contributed by atoms with Crippen molar-refractivity contribution in [2.45, 2.75) is 47.1 Å². The van der Waals surface area contributed by atoms with Gasteiger partial charge in [0.25, 0.3) is 0 Å². The first kappa shape index (κ1) is 22.2. The van der Waals surface area contributed by atoms with Crippen LogP contribution in [0.5, 0.6) is 0 Å². The highest BCUT2D eigenvalue weighted by molar-refractivity contribution is 14.0. The van der Waals surface area contributed by atoms with E-state index in [0.717, 1.165) is 63.9 Å². The third-order valence-electron chi connectivity index (χ3n) is 3.21. The standard InChI is InChI=1S/C16H31N5O.HI/c1-5-17-16(19-10-8-12-22-6-2)18-9-7-11-21-15(4)13-14(3)20-21;/h13H,5-12H2,1-4H3,(H2,17,18,19);1H. The van der Waals surface area contributed by atoms with E-state index in [2.05, 4.69) is 40.6 Å². The van der Waals surface area contributed by atoms with Crippen LogP contribution in [0.2, 0.25) is 0 Å². The van der Waals surface area contributed by atoms with Crippen molar-refractivity contribution < 1.29 is 4.74 Å². The molecular formula is C16H32IN5O. The van der Waals surface area contributed by atoms with E-state index in [1.165, 1.54) is 5.69 Å². The molecule has 0 atom stereocenters. The normalized spacial score (nSPS) is 11.2. The summed E-state index contributed by atoms with van der Waals surface area (Å²) in [7, 11) is 0. The van der Waals surface area contributed by atoms with Crippen molar-refractivity contribution in [2.75, 3.05) is 32.8 Å². The molecule has 1 rings (SSSR count). The zero-order valence-electron chi connectivity index (χ0n) is 14.9. The van der Waals surface area contributed by atoms with Gasteiger partial charge in [-0.05, 0) is 46.6 Å². The van der Waals surface area contributed by atoms with Crippen molar-refractivity contribution in [2.24, 2.45) is 4.99 Å². The Morgan fingerprint density at radius 1 is 1.26 bits per heavy atom. The number of nitrogens with one attached hydrogen (secondary N) is 2. The van der Waals surface area contributed by atoms with Gasteiger partial charge < -0.3 is 15.4 Å². The maximum atomic E-state index is 5.33. The molecule has 0 aromatic carbocycles. The Labute approximate surface area is 157 Å². The molecule has 2 N–H and O–H groups in total. The predicted octanol–water partition coefficient (Wildman–Crippen LogP) is 2.49. The maximum absolute atomic E-state index is 5.33. The van der Waals surface area contributed by atoms with Gasteiger partial charge in [0.15, 0.2) is 5.96 Å². The van der Waals surface area contributed by atoms with E-state index >= 15 is 0 Å². The van der Waals surface area contributed by atoms with Crippen LogP contribution in [0.15, 0.2) is 11.1 Å². The molecule has 23 heavy (non-hydrogen) atoms. The quantitative estimate of drug-likeness (QED) is 0.256. The Balaban J connectivity index is 0.00000484. The molecule has 0 unspecified atom stereocenters. The van der Waals surface area contributed by atoms with Crippen LogP contribution in [0, 0.1) is 13.8 Å². The summed E-state index contributed by atoms with van der Waals surface area (Å²) in [5.41, 5.74) is 2.28. The van der Waals surface area contributed by atoms with Gasteiger partial charge in [0.2, 0.25) is 0 Å². The molecule has 0 aliphatic carbocycles. The van der Waals surface area contributed by atoms with Gasteiger partial charge in [-0.15, -0.1) is 24.0 Å². The fourth-order valence-electron chi connectivity index (χ4n) is 2.18. The fraction of sp³-hybridized carbons (Fsp3) is 0.750. The molecule has 0 saturated heterocycles. The Morgan fingerprint density at radius 2 is 2.04 bits per heavy atom. The van der Waals surface area contributed by atoms with Crippen LogP contribution in [0.4, 0.5) is 0 Å². The highest BCUT2D eigenvalue weighted by atomic mass is 127. The second kappa shape index (κ2) is 13.6. The van der Waals surface area contributed by atoms with Crippen molar-refractivity contribution in [3.05, 3.63) is 17.5 Å². The first-order chi connectivity index (χ1) is 10.7. The van der Waals surface area contributed by atoms with Crippen molar-refractivity contribution in [1.29, 1.82) is 0 Å². The SMILES string of the molecule is CCNC(=NCCCn1nc(C)cc1C)NCCCOCC.I. The lowest BCUT2D eigenvalue weighted by atomic mass is 10.4. The summed E-state index contributed by atoms with van der Waals surface area (Å²) in [5, 5.41) is 11.1. The minimum atomic E-state index is 0. The molecule has 0 radical (unpaired) electrons. The highest BCUT2D eigenvalue weighted by Gasteiger charge is 2.00. The third-order valence-corrected chi connectivity index (χ3v) is 3.21. The molecule has 0 saturated carbocycles. The van der Waals surface area contributed by atoms with Crippen molar-refractivity contribution in [3.8, 4) is 0 Å². The van der Waals surface area contributed by atoms with Gasteiger partial charge >= 0.3 is 0 Å². The van der Waals surface area contributed by atoms with Crippen LogP contribution in [-0.4, -0.2) is 48.6 Å². The number of halogens is 1. The molecule has 1 aromatic heterocycles. The summed E-state index contributed by atoms with van der Waals surface area (Å²) in [6, 6.07) is 2.10. The van der Waals surface area contributed by atoms with Gasteiger partial charge in [-0.25, -0.2) is 0 Å². The van der Waals surface area contributed by atoms with Crippen LogP contribution < -0.4 is 10.6 Å². The molecule has 1 aromatic rings. The van der Waals surface area contributed by atoms with E-state index in [9.17, 15) is 0 Å². The summed E-state index contributed by atoms with van der Waals surface area (Å²) in [4.78, 5) is 4.60. The van der Waals surface area contributed by atoms with E-state index < -0.39 is 0 Å². The lowest BCUT2D eigenvalue weighted by Crippen LogP contribution is -2.38. The van der Waals surface area contributed by atoms with Crippen LogP contribution in [0.25, 0.3) is 0 Å². The molecule has 0 bridgehead atoms. The first-order valence-electron chi connectivity index (χ1n) is 8.28. The highest BCUT2D eigenvalue weighted by Crippen LogP contribution is 2.02. The molecule has 134 valence electrons. The summed E-state index contributed by atoms with van der Waals surface area (Å²) in [5.74, 6) is 0.882. The minimum Gasteiger partial charge on any atom is -0.382 e. The molecule has 0 aliphatic rings. The molecule has 0 spiro atoms. The smallest absolute Gasteiger partial charge is 0.191 e. The number of aromatic nitrogens is 2. The fourth-order valence-corrected chi connectivity index (χ4v) is 2.18. The molecule has 0 fully saturated rings. The third kappa shape index (κ3) is 9.80. The second-order valence-corrected chi connectivity index (χ2v) is 5.24. The molecular weight excluding hydrogens is 405 g/mol. The first-order valence-corrected chi connectivity index (χ1v) is 8.28. The number of hydrogen-bond acceptors (Lipinski definition) is 3. The van der Waals surface area contributed by atoms with Crippen LogP contribution in [0.1, 0.15) is 38.1 Å². The average molecular weight is 437 g/mol. The maximum Gasteiger partial charge on any atom is 0.191 e. The van der Waals surface area contributed by atoms with Gasteiger partial charge in [-0.2, -0.15) is 5.10 Å². The van der Waals surface area contributed by atoms with Gasteiger partial charge in [0, 0.05) is 45.1 Å². The van der Waals surface area contributed by atoms with E-state index in [-0.39, 0.29) is 24.0 Å². The molecule has 7 heteroatoms. The molecule has 6 nitrogen and oxygen atoms in total. The summed E-state index contributed by atoms with van der Waals surface area (Å²) in [6.07, 6.45) is 1.97. The number of aliphatic imine (C=N–C) groups is 1. The summed E-state index contributed by atoms with van der Waals surface area (Å²) >= 11 is 0. The van der Waals surface area contributed by atoms with Gasteiger partial charge in [-0.3, -0.25) is 9.67 Å². The summed E-state index contributed by atoms with van der Waals surface area (Å²) < 4.78 is 7.37. The predicted molar refractivity (Wildman–Crippen MR) is 107 cm³/mol. The Morgan fingerprint density at radius 3 is 2.65 bits per heavy atom. The van der Waals surface area contributed by atoms with E-state index in [0.29, 0.717) is 0 Å². The monoisotopic (exact) mass is 437 g/mol. The Kier molecular flexibility index (Phi) is 13.1. The van der Waals surface area contributed by atoms with Crippen molar-refractivity contribution in [3.63, 3.8) is 0 Å². The van der Waals surface area contributed by atoms with Gasteiger partial charge in [0.1, 0.15) is 0 Å².